The first-order valence-corrected chi connectivity index (χ1v) is 8.74. The lowest BCUT2D eigenvalue weighted by atomic mass is 9.72. The van der Waals surface area contributed by atoms with Gasteiger partial charge in [-0.25, -0.2) is 4.79 Å². The van der Waals surface area contributed by atoms with Crippen LogP contribution >= 0.6 is 0 Å². The van der Waals surface area contributed by atoms with Crippen LogP contribution in [0.2, 0.25) is 0 Å². The maximum absolute atomic E-state index is 13.1. The van der Waals surface area contributed by atoms with E-state index in [1.807, 2.05) is 11.8 Å². The molecule has 2 bridgehead atoms. The molecule has 1 saturated heterocycles. The van der Waals surface area contributed by atoms with E-state index in [1.165, 1.54) is 19.6 Å². The van der Waals surface area contributed by atoms with E-state index in [0.717, 1.165) is 18.7 Å². The molecule has 0 spiro atoms. The Balaban J connectivity index is 1.65. The second-order valence-corrected chi connectivity index (χ2v) is 7.86. The largest absolute Gasteiger partial charge is 0.496 e. The number of hydrogen-bond donors (Lipinski definition) is 1. The number of carboxylic acid groups (broad SMARTS) is 1. The predicted octanol–water partition coefficient (Wildman–Crippen LogP) is 2.99. The van der Waals surface area contributed by atoms with Gasteiger partial charge in [0.05, 0.1) is 7.11 Å². The topological polar surface area (TPSA) is 66.8 Å². The molecule has 4 rings (SSSR count). The molecule has 0 radical (unpaired) electrons. The van der Waals surface area contributed by atoms with Crippen LogP contribution in [0.5, 0.6) is 5.75 Å². The molecule has 5 heteroatoms. The number of aryl methyl sites for hydroxylation is 1. The summed E-state index contributed by atoms with van der Waals surface area (Å²) in [5.74, 6) is 0.792. The van der Waals surface area contributed by atoms with E-state index in [1.54, 1.807) is 6.07 Å². The van der Waals surface area contributed by atoms with Crippen LogP contribution in [-0.4, -0.2) is 42.1 Å². The van der Waals surface area contributed by atoms with E-state index >= 15 is 0 Å². The number of carbonyl (C=O) groups excluding carboxylic acids is 1. The second-order valence-electron chi connectivity index (χ2n) is 7.86. The molecule has 132 valence electrons. The van der Waals surface area contributed by atoms with Crippen LogP contribution in [0.15, 0.2) is 24.3 Å². The van der Waals surface area contributed by atoms with Crippen LogP contribution in [0.1, 0.15) is 39.6 Å². The average Bonchev–Trinajstić information content (AvgIpc) is 3.24. The number of fused-ring (bicyclic) bond motifs is 5. The van der Waals surface area contributed by atoms with E-state index < -0.39 is 5.97 Å². The molecule has 1 aromatic carbocycles. The Hall–Kier alpha value is -2.30. The molecule has 0 unspecified atom stereocenters. The Labute approximate surface area is 147 Å². The molecule has 2 aliphatic carbocycles. The number of likely N-dealkylation sites (tertiary alicyclic amines) is 1. The fourth-order valence-electron chi connectivity index (χ4n) is 5.14. The summed E-state index contributed by atoms with van der Waals surface area (Å²) in [7, 11) is 1.44. The van der Waals surface area contributed by atoms with Crippen molar-refractivity contribution >= 4 is 11.9 Å². The van der Waals surface area contributed by atoms with Crippen LogP contribution in [0.4, 0.5) is 0 Å². The Morgan fingerprint density at radius 1 is 1.28 bits per heavy atom. The molecule has 1 saturated carbocycles. The summed E-state index contributed by atoms with van der Waals surface area (Å²) in [5.41, 5.74) is 1.39. The summed E-state index contributed by atoms with van der Waals surface area (Å²) in [4.78, 5) is 26.5. The number of nitrogens with zero attached hydrogens (tertiary/aromatic N) is 1. The standard InChI is InChI=1S/C20H23NO4/c1-11-6-17(25-3)15(19(23)24)8-14(11)18(22)21-9-16-12-4-5-13(7-12)20(16,2)10-21/h4-6,8,12-13,16H,7,9-10H2,1-3H3,(H,23,24)/t12-,13+,16-,20+/m1/s1. The number of allylic oxidation sites excluding steroid dienone is 2. The monoisotopic (exact) mass is 341 g/mol. The summed E-state index contributed by atoms with van der Waals surface area (Å²) < 4.78 is 5.15. The molecule has 1 aliphatic heterocycles. The fourth-order valence-corrected chi connectivity index (χ4v) is 5.14. The van der Waals surface area contributed by atoms with Crippen LogP contribution in [0.3, 0.4) is 0 Å². The van der Waals surface area contributed by atoms with Gasteiger partial charge in [0.15, 0.2) is 0 Å². The van der Waals surface area contributed by atoms with Gasteiger partial charge in [-0.05, 0) is 54.2 Å². The van der Waals surface area contributed by atoms with Gasteiger partial charge in [0.1, 0.15) is 11.3 Å². The minimum atomic E-state index is -1.08. The normalized spacial score (nSPS) is 32.1. The Kier molecular flexibility index (Phi) is 3.46. The van der Waals surface area contributed by atoms with Gasteiger partial charge in [-0.2, -0.15) is 0 Å². The minimum absolute atomic E-state index is 0.0313. The smallest absolute Gasteiger partial charge is 0.339 e. The molecule has 2 fully saturated rings. The quantitative estimate of drug-likeness (QED) is 0.858. The molecule has 0 aromatic heterocycles. The summed E-state index contributed by atoms with van der Waals surface area (Å²) in [5, 5.41) is 9.40. The van der Waals surface area contributed by atoms with Gasteiger partial charge >= 0.3 is 5.97 Å². The third-order valence-electron chi connectivity index (χ3n) is 6.57. The molecule has 5 nitrogen and oxygen atoms in total. The third-order valence-corrected chi connectivity index (χ3v) is 6.57. The van der Waals surface area contributed by atoms with Gasteiger partial charge in [-0.1, -0.05) is 19.1 Å². The predicted molar refractivity (Wildman–Crippen MR) is 92.9 cm³/mol. The number of benzene rings is 1. The zero-order valence-corrected chi connectivity index (χ0v) is 14.8. The maximum atomic E-state index is 13.1. The van der Waals surface area contributed by atoms with E-state index in [4.69, 9.17) is 4.74 Å². The molecule has 25 heavy (non-hydrogen) atoms. The molecule has 1 aromatic rings. The number of rotatable bonds is 3. The van der Waals surface area contributed by atoms with Gasteiger partial charge in [0, 0.05) is 18.7 Å². The molecular weight excluding hydrogens is 318 g/mol. The lowest BCUT2D eigenvalue weighted by Gasteiger charge is -2.31. The van der Waals surface area contributed by atoms with Crippen LogP contribution in [0, 0.1) is 30.1 Å². The number of hydrogen-bond acceptors (Lipinski definition) is 3. The highest BCUT2D eigenvalue weighted by Crippen LogP contribution is 2.59. The van der Waals surface area contributed by atoms with Crippen molar-refractivity contribution < 1.29 is 19.4 Å². The minimum Gasteiger partial charge on any atom is -0.496 e. The molecule has 1 N–H and O–H groups in total. The molecule has 4 atom stereocenters. The van der Waals surface area contributed by atoms with Gasteiger partial charge in [-0.15, -0.1) is 0 Å². The highest BCUT2D eigenvalue weighted by Gasteiger charge is 2.58. The van der Waals surface area contributed by atoms with Crippen molar-refractivity contribution in [3.63, 3.8) is 0 Å². The molecule has 3 aliphatic rings. The van der Waals surface area contributed by atoms with Crippen molar-refractivity contribution in [2.24, 2.45) is 23.2 Å². The SMILES string of the molecule is COc1cc(C)c(C(=O)N2C[C@@H]3[C@@H]4C=C[C@@H](C4)[C@]3(C)C2)cc1C(=O)O. The van der Waals surface area contributed by atoms with Crippen LogP contribution in [-0.2, 0) is 0 Å². The third kappa shape index (κ3) is 2.21. The highest BCUT2D eigenvalue weighted by molar-refractivity contribution is 6.00. The van der Waals surface area contributed by atoms with Crippen molar-refractivity contribution in [2.75, 3.05) is 20.2 Å². The number of methoxy groups -OCH3 is 1. The van der Waals surface area contributed by atoms with Crippen molar-refractivity contribution in [1.82, 2.24) is 4.90 Å². The van der Waals surface area contributed by atoms with E-state index in [2.05, 4.69) is 19.1 Å². The van der Waals surface area contributed by atoms with E-state index in [-0.39, 0.29) is 22.6 Å². The first-order valence-electron chi connectivity index (χ1n) is 8.74. The van der Waals surface area contributed by atoms with E-state index in [9.17, 15) is 14.7 Å². The highest BCUT2D eigenvalue weighted by atomic mass is 16.5. The lowest BCUT2D eigenvalue weighted by molar-refractivity contribution is 0.0693. The molecule has 1 heterocycles. The van der Waals surface area contributed by atoms with Crippen molar-refractivity contribution in [2.45, 2.75) is 20.3 Å². The van der Waals surface area contributed by atoms with Gasteiger partial charge in [0.2, 0.25) is 0 Å². The first-order chi connectivity index (χ1) is 11.8. The maximum Gasteiger partial charge on any atom is 0.339 e. The summed E-state index contributed by atoms with van der Waals surface area (Å²) in [6, 6.07) is 3.10. The Morgan fingerprint density at radius 3 is 2.68 bits per heavy atom. The van der Waals surface area contributed by atoms with E-state index in [0.29, 0.717) is 23.3 Å². The van der Waals surface area contributed by atoms with Gasteiger partial charge in [-0.3, -0.25) is 4.79 Å². The lowest BCUT2D eigenvalue weighted by Crippen LogP contribution is -2.34. The van der Waals surface area contributed by atoms with Gasteiger partial charge < -0.3 is 14.7 Å². The zero-order valence-electron chi connectivity index (χ0n) is 14.8. The summed E-state index contributed by atoms with van der Waals surface area (Å²) >= 11 is 0. The van der Waals surface area contributed by atoms with Crippen LogP contribution in [0.25, 0.3) is 0 Å². The number of amides is 1. The Morgan fingerprint density at radius 2 is 2.04 bits per heavy atom. The van der Waals surface area contributed by atoms with Gasteiger partial charge in [0.25, 0.3) is 5.91 Å². The van der Waals surface area contributed by atoms with Crippen molar-refractivity contribution in [1.29, 1.82) is 0 Å². The van der Waals surface area contributed by atoms with Crippen LogP contribution < -0.4 is 4.74 Å². The zero-order chi connectivity index (χ0) is 17.9. The fraction of sp³-hybridized carbons (Fsp3) is 0.500. The van der Waals surface area contributed by atoms with Crippen molar-refractivity contribution in [3.8, 4) is 5.75 Å². The molecular formula is C20H23NO4. The average molecular weight is 341 g/mol. The number of carboxylic acids is 1. The first kappa shape index (κ1) is 16.2. The summed E-state index contributed by atoms with van der Waals surface area (Å²) in [6.07, 6.45) is 5.84. The molecule has 1 amide bonds. The Bertz CT molecular complexity index is 799. The second kappa shape index (κ2) is 5.35. The number of aromatic carboxylic acids is 1. The van der Waals surface area contributed by atoms with Crippen molar-refractivity contribution in [3.05, 3.63) is 41.0 Å². The number of carbonyl (C=O) groups is 2. The summed E-state index contributed by atoms with van der Waals surface area (Å²) in [6.45, 7) is 5.62. The number of ether oxygens (including phenoxy) is 1.